The first-order chi connectivity index (χ1) is 12.9. The normalized spacial score (nSPS) is 26.1. The molecule has 2 amide bonds. The van der Waals surface area contributed by atoms with Gasteiger partial charge in [-0.1, -0.05) is 0 Å². The molecule has 10 heteroatoms. The number of aromatic nitrogens is 3. The van der Waals surface area contributed by atoms with Crippen LogP contribution in [0, 0.1) is 5.92 Å². The van der Waals surface area contributed by atoms with Gasteiger partial charge in [-0.2, -0.15) is 5.10 Å². The van der Waals surface area contributed by atoms with Crippen LogP contribution in [0.5, 0.6) is 0 Å². The number of likely N-dealkylation sites (tertiary alicyclic amines) is 1. The van der Waals surface area contributed by atoms with E-state index in [1.54, 1.807) is 4.90 Å². The van der Waals surface area contributed by atoms with Gasteiger partial charge in [0, 0.05) is 32.0 Å². The molecule has 8 nitrogen and oxygen atoms in total. The van der Waals surface area contributed by atoms with Gasteiger partial charge in [0.25, 0.3) is 5.92 Å². The van der Waals surface area contributed by atoms with Crippen LogP contribution in [0.2, 0.25) is 0 Å². The molecule has 2 saturated heterocycles. The second-order valence-electron chi connectivity index (χ2n) is 7.72. The lowest BCUT2D eigenvalue weighted by Gasteiger charge is -2.34. The molecule has 1 unspecified atom stereocenters. The topological polar surface area (TPSA) is 92.2 Å². The number of piperidine rings is 1. The average molecular weight is 385 g/mol. The van der Waals surface area contributed by atoms with Crippen LogP contribution in [0.3, 0.4) is 0 Å². The zero-order valence-corrected chi connectivity index (χ0v) is 15.1. The molecule has 3 aliphatic rings. The number of amides is 2. The SMILES string of the molecule is O=C(NCC1COCCC1(F)F)N1CCC(n2nc(C3CC3)[nH]c2=O)CC1. The van der Waals surface area contributed by atoms with Crippen molar-refractivity contribution in [1.29, 1.82) is 0 Å². The van der Waals surface area contributed by atoms with Gasteiger partial charge in [0.2, 0.25) is 0 Å². The smallest absolute Gasteiger partial charge is 0.343 e. The third-order valence-corrected chi connectivity index (χ3v) is 5.72. The lowest BCUT2D eigenvalue weighted by Crippen LogP contribution is -2.50. The summed E-state index contributed by atoms with van der Waals surface area (Å²) in [4.78, 5) is 28.8. The molecular formula is C17H25F2N5O3. The van der Waals surface area contributed by atoms with Crippen LogP contribution in [-0.4, -0.2) is 64.5 Å². The lowest BCUT2D eigenvalue weighted by molar-refractivity contribution is -0.138. The first-order valence-corrected chi connectivity index (χ1v) is 9.61. The van der Waals surface area contributed by atoms with Crippen molar-refractivity contribution in [1.82, 2.24) is 25.0 Å². The van der Waals surface area contributed by atoms with Gasteiger partial charge in [-0.05, 0) is 25.7 Å². The van der Waals surface area contributed by atoms with Crippen LogP contribution in [-0.2, 0) is 4.74 Å². The molecule has 1 saturated carbocycles. The molecule has 1 aromatic rings. The lowest BCUT2D eigenvalue weighted by atomic mass is 9.97. The number of hydrogen-bond acceptors (Lipinski definition) is 4. The zero-order valence-electron chi connectivity index (χ0n) is 15.1. The molecule has 150 valence electrons. The van der Waals surface area contributed by atoms with Gasteiger partial charge in [0.05, 0.1) is 25.2 Å². The fourth-order valence-corrected chi connectivity index (χ4v) is 3.75. The molecule has 1 aliphatic carbocycles. The third-order valence-electron chi connectivity index (χ3n) is 5.72. The Bertz CT molecular complexity index is 737. The molecule has 0 radical (unpaired) electrons. The standard InChI is InChI=1S/C17H25F2N5O3/c18-17(19)5-8-27-10-12(17)9-20-15(25)23-6-3-13(4-7-23)24-16(26)21-14(22-24)11-1-2-11/h11-13H,1-10H2,(H,20,25)(H,21,22,26). The summed E-state index contributed by atoms with van der Waals surface area (Å²) in [6.45, 7) is 0.842. The molecular weight excluding hydrogens is 360 g/mol. The number of carbonyl (C=O) groups excluding carboxylic acids is 1. The van der Waals surface area contributed by atoms with Gasteiger partial charge in [-0.3, -0.25) is 4.98 Å². The van der Waals surface area contributed by atoms with Gasteiger partial charge in [0.15, 0.2) is 0 Å². The number of hydrogen-bond donors (Lipinski definition) is 2. The third kappa shape index (κ3) is 3.99. The first-order valence-electron chi connectivity index (χ1n) is 9.61. The average Bonchev–Trinajstić information content (AvgIpc) is 3.43. The Labute approximate surface area is 155 Å². The summed E-state index contributed by atoms with van der Waals surface area (Å²) in [5.41, 5.74) is -0.195. The molecule has 2 N–H and O–H groups in total. The summed E-state index contributed by atoms with van der Waals surface area (Å²) in [6, 6.07) is -0.385. The number of rotatable bonds is 4. The number of nitrogens with one attached hydrogen (secondary N) is 2. The summed E-state index contributed by atoms with van der Waals surface area (Å²) in [5, 5.41) is 7.02. The molecule has 1 atom stereocenters. The molecule has 3 fully saturated rings. The van der Waals surface area contributed by atoms with Crippen molar-refractivity contribution >= 4 is 6.03 Å². The zero-order chi connectivity index (χ0) is 19.0. The largest absolute Gasteiger partial charge is 0.381 e. The first kappa shape index (κ1) is 18.4. The summed E-state index contributed by atoms with van der Waals surface area (Å²) in [5.74, 6) is -2.66. The van der Waals surface area contributed by atoms with E-state index in [-0.39, 0.29) is 43.9 Å². The predicted octanol–water partition coefficient (Wildman–Crippen LogP) is 1.47. The Hall–Kier alpha value is -1.97. The molecule has 3 heterocycles. The van der Waals surface area contributed by atoms with Crippen molar-refractivity contribution in [2.75, 3.05) is 32.8 Å². The van der Waals surface area contributed by atoms with Gasteiger partial charge in [-0.15, -0.1) is 0 Å². The van der Waals surface area contributed by atoms with Gasteiger partial charge < -0.3 is 15.0 Å². The fourth-order valence-electron chi connectivity index (χ4n) is 3.75. The highest BCUT2D eigenvalue weighted by molar-refractivity contribution is 5.74. The minimum absolute atomic E-state index is 0.0404. The number of nitrogens with zero attached hydrogens (tertiary/aromatic N) is 3. The van der Waals surface area contributed by atoms with Crippen molar-refractivity contribution in [3.8, 4) is 0 Å². The summed E-state index contributed by atoms with van der Waals surface area (Å²) < 4.78 is 34.2. The molecule has 2 aliphatic heterocycles. The maximum atomic E-state index is 13.8. The van der Waals surface area contributed by atoms with Crippen molar-refractivity contribution in [3.63, 3.8) is 0 Å². The number of aromatic amines is 1. The van der Waals surface area contributed by atoms with Crippen molar-refractivity contribution in [3.05, 3.63) is 16.3 Å². The summed E-state index contributed by atoms with van der Waals surface area (Å²) in [7, 11) is 0. The molecule has 0 bridgehead atoms. The van der Waals surface area contributed by atoms with Crippen molar-refractivity contribution in [2.24, 2.45) is 5.92 Å². The maximum Gasteiger partial charge on any atom is 0.343 e. The van der Waals surface area contributed by atoms with E-state index in [0.29, 0.717) is 31.8 Å². The quantitative estimate of drug-likeness (QED) is 0.821. The van der Waals surface area contributed by atoms with Crippen molar-refractivity contribution in [2.45, 2.75) is 50.0 Å². The number of ether oxygens (including phenoxy) is 1. The van der Waals surface area contributed by atoms with Crippen LogP contribution >= 0.6 is 0 Å². The summed E-state index contributed by atoms with van der Waals surface area (Å²) >= 11 is 0. The predicted molar refractivity (Wildman–Crippen MR) is 91.9 cm³/mol. The van der Waals surface area contributed by atoms with E-state index in [4.69, 9.17) is 4.74 Å². The monoisotopic (exact) mass is 385 g/mol. The number of halogens is 2. The van der Waals surface area contributed by atoms with Gasteiger partial charge >= 0.3 is 11.7 Å². The van der Waals surface area contributed by atoms with E-state index in [0.717, 1.165) is 18.7 Å². The van der Waals surface area contributed by atoms with Crippen LogP contribution in [0.25, 0.3) is 0 Å². The maximum absolute atomic E-state index is 13.8. The Balaban J connectivity index is 1.27. The fraction of sp³-hybridized carbons (Fsp3) is 0.824. The van der Waals surface area contributed by atoms with Crippen LogP contribution in [0.4, 0.5) is 13.6 Å². The number of alkyl halides is 2. The second-order valence-corrected chi connectivity index (χ2v) is 7.72. The molecule has 0 spiro atoms. The Morgan fingerprint density at radius 2 is 2.04 bits per heavy atom. The minimum Gasteiger partial charge on any atom is -0.381 e. The van der Waals surface area contributed by atoms with E-state index in [9.17, 15) is 18.4 Å². The van der Waals surface area contributed by atoms with E-state index < -0.39 is 11.8 Å². The van der Waals surface area contributed by atoms with E-state index >= 15 is 0 Å². The van der Waals surface area contributed by atoms with Gasteiger partial charge in [0.1, 0.15) is 5.82 Å². The molecule has 0 aromatic carbocycles. The van der Waals surface area contributed by atoms with Crippen LogP contribution < -0.4 is 11.0 Å². The molecule has 1 aromatic heterocycles. The minimum atomic E-state index is -2.81. The number of carbonyl (C=O) groups is 1. The summed E-state index contributed by atoms with van der Waals surface area (Å²) in [6.07, 6.45) is 3.06. The van der Waals surface area contributed by atoms with Gasteiger partial charge in [-0.25, -0.2) is 23.1 Å². The highest BCUT2D eigenvalue weighted by atomic mass is 19.3. The van der Waals surface area contributed by atoms with E-state index in [2.05, 4.69) is 15.4 Å². The van der Waals surface area contributed by atoms with Crippen LogP contribution in [0.15, 0.2) is 4.79 Å². The number of H-pyrrole nitrogens is 1. The van der Waals surface area contributed by atoms with Crippen molar-refractivity contribution < 1.29 is 18.3 Å². The second kappa shape index (κ2) is 7.21. The molecule has 27 heavy (non-hydrogen) atoms. The Morgan fingerprint density at radius 1 is 1.30 bits per heavy atom. The highest BCUT2D eigenvalue weighted by Gasteiger charge is 2.42. The van der Waals surface area contributed by atoms with E-state index in [1.807, 2.05) is 0 Å². The molecule has 4 rings (SSSR count). The highest BCUT2D eigenvalue weighted by Crippen LogP contribution is 2.37. The van der Waals surface area contributed by atoms with E-state index in [1.165, 1.54) is 4.68 Å². The van der Waals surface area contributed by atoms with Crippen LogP contribution in [0.1, 0.15) is 49.9 Å². The Morgan fingerprint density at radius 3 is 2.70 bits per heavy atom. The number of urea groups is 1. The Kier molecular flexibility index (Phi) is 4.92.